The van der Waals surface area contributed by atoms with Crippen LogP contribution in [0.25, 0.3) is 11.1 Å². The van der Waals surface area contributed by atoms with E-state index in [0.717, 1.165) is 80.0 Å². The Kier molecular flexibility index (Phi) is 12.9. The number of ether oxygens (including phenoxy) is 2. The maximum atomic E-state index is 12.2. The molecule has 354 valence electrons. The summed E-state index contributed by atoms with van der Waals surface area (Å²) >= 11 is 0. The van der Waals surface area contributed by atoms with Gasteiger partial charge in [-0.05, 0) is 137 Å². The van der Waals surface area contributed by atoms with Gasteiger partial charge in [0.1, 0.15) is 46.0 Å². The molecule has 0 saturated carbocycles. The molecule has 0 spiro atoms. The molecule has 8 nitrogen and oxygen atoms in total. The van der Waals surface area contributed by atoms with Gasteiger partial charge in [-0.1, -0.05) is 123 Å². The Morgan fingerprint density at radius 2 is 0.471 bits per heavy atom. The van der Waals surface area contributed by atoms with Crippen LogP contribution in [0, 0.1) is 0 Å². The molecular weight excluding hydrogens is 873 g/mol. The van der Waals surface area contributed by atoms with Crippen molar-refractivity contribution in [1.82, 2.24) is 0 Å². The fraction of sp³-hybridized carbons (Fsp3) is 0.226. The van der Waals surface area contributed by atoms with E-state index in [9.17, 15) is 30.6 Å². The van der Waals surface area contributed by atoms with Crippen LogP contribution in [-0.4, -0.2) is 43.9 Å². The van der Waals surface area contributed by atoms with E-state index in [1.165, 1.54) is 0 Å². The molecule has 0 radical (unpaired) electrons. The topological polar surface area (TPSA) is 140 Å². The zero-order valence-electron chi connectivity index (χ0n) is 39.7. The normalized spacial score (nSPS) is 13.1. The molecule has 0 amide bonds. The second-order valence-electron chi connectivity index (χ2n) is 18.9. The number of hydrogen-bond donors (Lipinski definition) is 6. The van der Waals surface area contributed by atoms with Gasteiger partial charge in [0.2, 0.25) is 0 Å². The first-order valence-electron chi connectivity index (χ1n) is 24.4. The van der Waals surface area contributed by atoms with Crippen molar-refractivity contribution in [2.75, 3.05) is 13.2 Å². The minimum Gasteiger partial charge on any atom is -0.507 e. The summed E-state index contributed by atoms with van der Waals surface area (Å²) in [5, 5.41) is 72.4. The molecule has 10 rings (SSSR count). The van der Waals surface area contributed by atoms with Crippen LogP contribution in [0.4, 0.5) is 0 Å². The molecule has 0 aliphatic heterocycles. The number of rotatable bonds is 7. The van der Waals surface area contributed by atoms with Gasteiger partial charge in [-0.2, -0.15) is 0 Å². The second kappa shape index (κ2) is 19.6. The standard InChI is InChI=1S/C62H58O8/c1-3-23-69-61-45-19-9-20-46(61)26-38-12-6-16-42(56(38)64)30-52-34-49(33-51(59(52)67)29-41-15-5-11-37(25-45)55(41)63)50-35-53-31-43-17-7-13-39(57(43)65)27-47-21-10-22-48(62(47)70-24-4-2)28-40-14-8-18-44(58(40)66)32-54(36-50)60(53)68/h5-22,33-36,63-68H,3-4,23-32H2,1-2H3. The molecule has 2 aliphatic rings. The predicted molar refractivity (Wildman–Crippen MR) is 275 cm³/mol. The van der Waals surface area contributed by atoms with E-state index in [2.05, 4.69) is 13.8 Å². The Morgan fingerprint density at radius 3 is 0.686 bits per heavy atom. The molecule has 70 heavy (non-hydrogen) atoms. The summed E-state index contributed by atoms with van der Waals surface area (Å²) in [5.41, 5.74) is 12.9. The first-order valence-corrected chi connectivity index (χ1v) is 24.4. The molecule has 0 saturated heterocycles. The number of aromatic hydroxyl groups is 6. The Hall–Kier alpha value is -7.84. The highest BCUT2D eigenvalue weighted by Crippen LogP contribution is 2.43. The number of fused-ring (bicyclic) bond motifs is 16. The van der Waals surface area contributed by atoms with Gasteiger partial charge in [0.15, 0.2) is 0 Å². The average molecular weight is 931 g/mol. The van der Waals surface area contributed by atoms with Gasteiger partial charge in [0.25, 0.3) is 0 Å². The Morgan fingerprint density at radius 1 is 0.286 bits per heavy atom. The summed E-state index contributed by atoms with van der Waals surface area (Å²) in [5.74, 6) is 2.21. The van der Waals surface area contributed by atoms with Gasteiger partial charge in [-0.15, -0.1) is 0 Å². The highest BCUT2D eigenvalue weighted by molar-refractivity contribution is 5.72. The van der Waals surface area contributed by atoms with Crippen molar-refractivity contribution in [2.24, 2.45) is 0 Å². The summed E-state index contributed by atoms with van der Waals surface area (Å²) in [6.45, 7) is 5.19. The maximum absolute atomic E-state index is 12.2. The van der Waals surface area contributed by atoms with Crippen molar-refractivity contribution in [3.8, 4) is 57.1 Å². The third kappa shape index (κ3) is 9.09. The van der Waals surface area contributed by atoms with Crippen molar-refractivity contribution in [3.63, 3.8) is 0 Å². The number of phenolic OH excluding ortho intramolecular Hbond substituents is 6. The van der Waals surface area contributed by atoms with Crippen molar-refractivity contribution in [1.29, 1.82) is 0 Å². The molecule has 0 aromatic heterocycles. The summed E-state index contributed by atoms with van der Waals surface area (Å²) in [4.78, 5) is 0. The molecule has 8 heteroatoms. The summed E-state index contributed by atoms with van der Waals surface area (Å²) in [6, 6.07) is 42.7. The lowest BCUT2D eigenvalue weighted by Gasteiger charge is -2.21. The van der Waals surface area contributed by atoms with Gasteiger partial charge < -0.3 is 40.1 Å². The molecular formula is C62H58O8. The fourth-order valence-corrected chi connectivity index (χ4v) is 10.4. The SMILES string of the molecule is CCCOc1c2cccc1Cc1cccc(c1O)Cc1cc(-c3cc4c(O)c(c3)Cc3cccc(c3O)Cc3cccc(c3OCCC)Cc3cccc(c3O)C4)cc(c1O)Cc1cccc(c1O)C2. The highest BCUT2D eigenvalue weighted by atomic mass is 16.5. The van der Waals surface area contributed by atoms with E-state index in [1.807, 2.05) is 133 Å². The van der Waals surface area contributed by atoms with E-state index in [4.69, 9.17) is 9.47 Å². The lowest BCUT2D eigenvalue weighted by Crippen LogP contribution is -2.06. The van der Waals surface area contributed by atoms with Crippen LogP contribution in [0.3, 0.4) is 0 Å². The smallest absolute Gasteiger partial charge is 0.126 e. The minimum absolute atomic E-state index is 0.0585. The van der Waals surface area contributed by atoms with E-state index in [-0.39, 0.29) is 60.2 Å². The van der Waals surface area contributed by atoms with Crippen molar-refractivity contribution in [3.05, 3.63) is 222 Å². The van der Waals surface area contributed by atoms with Gasteiger partial charge in [0, 0.05) is 51.4 Å². The second-order valence-corrected chi connectivity index (χ2v) is 18.9. The van der Waals surface area contributed by atoms with Crippen LogP contribution >= 0.6 is 0 Å². The monoisotopic (exact) mass is 930 g/mol. The molecule has 8 aromatic carbocycles. The minimum atomic E-state index is 0.0585. The van der Waals surface area contributed by atoms with E-state index in [1.54, 1.807) is 0 Å². The summed E-state index contributed by atoms with van der Waals surface area (Å²) in [7, 11) is 0. The number of hydrogen-bond acceptors (Lipinski definition) is 8. The molecule has 0 atom stereocenters. The van der Waals surface area contributed by atoms with Gasteiger partial charge in [-0.25, -0.2) is 0 Å². The van der Waals surface area contributed by atoms with Crippen LogP contribution < -0.4 is 9.47 Å². The molecule has 6 N–H and O–H groups in total. The average Bonchev–Trinajstić information content (AvgIpc) is 3.35. The van der Waals surface area contributed by atoms with Crippen molar-refractivity contribution in [2.45, 2.75) is 78.1 Å². The Labute approximate surface area is 409 Å². The van der Waals surface area contributed by atoms with E-state index >= 15 is 0 Å². The Balaban J connectivity index is 1.13. The lowest BCUT2D eigenvalue weighted by atomic mass is 9.87. The third-order valence-electron chi connectivity index (χ3n) is 14.0. The van der Waals surface area contributed by atoms with Crippen molar-refractivity contribution >= 4 is 0 Å². The summed E-state index contributed by atoms with van der Waals surface area (Å²) in [6.07, 6.45) is 4.08. The van der Waals surface area contributed by atoms with E-state index < -0.39 is 0 Å². The van der Waals surface area contributed by atoms with Crippen LogP contribution in [-0.2, 0) is 51.4 Å². The number of phenols is 6. The first kappa shape index (κ1) is 45.9. The summed E-state index contributed by atoms with van der Waals surface area (Å²) < 4.78 is 12.8. The Bertz CT molecular complexity index is 2860. The van der Waals surface area contributed by atoms with Gasteiger partial charge >= 0.3 is 0 Å². The van der Waals surface area contributed by atoms with Crippen LogP contribution in [0.1, 0.15) is 116 Å². The molecule has 0 unspecified atom stereocenters. The van der Waals surface area contributed by atoms with Crippen LogP contribution in [0.2, 0.25) is 0 Å². The quantitative estimate of drug-likeness (QED) is 0.0929. The zero-order chi connectivity index (χ0) is 48.5. The molecule has 16 bridgehead atoms. The fourth-order valence-electron chi connectivity index (χ4n) is 10.4. The number of para-hydroxylation sites is 6. The van der Waals surface area contributed by atoms with Crippen LogP contribution in [0.15, 0.2) is 133 Å². The molecule has 0 heterocycles. The zero-order valence-corrected chi connectivity index (χ0v) is 39.7. The molecule has 8 aromatic rings. The largest absolute Gasteiger partial charge is 0.507 e. The predicted octanol–water partition coefficient (Wildman–Crippen LogP) is 12.5. The lowest BCUT2D eigenvalue weighted by molar-refractivity contribution is 0.311. The van der Waals surface area contributed by atoms with E-state index in [0.29, 0.717) is 83.4 Å². The first-order chi connectivity index (χ1) is 34.1. The molecule has 2 aliphatic carbocycles. The van der Waals surface area contributed by atoms with Gasteiger partial charge in [-0.3, -0.25) is 0 Å². The van der Waals surface area contributed by atoms with Crippen LogP contribution in [0.5, 0.6) is 46.0 Å². The maximum Gasteiger partial charge on any atom is 0.126 e. The van der Waals surface area contributed by atoms with Gasteiger partial charge in [0.05, 0.1) is 13.2 Å². The number of benzene rings is 8. The van der Waals surface area contributed by atoms with Crippen molar-refractivity contribution < 1.29 is 40.1 Å². The molecule has 0 fully saturated rings. The highest BCUT2D eigenvalue weighted by Gasteiger charge is 2.24. The third-order valence-corrected chi connectivity index (χ3v) is 14.0.